The van der Waals surface area contributed by atoms with E-state index in [9.17, 15) is 30.8 Å². The fourth-order valence-electron chi connectivity index (χ4n) is 5.32. The van der Waals surface area contributed by atoms with E-state index in [2.05, 4.69) is 26.8 Å². The second-order valence-corrected chi connectivity index (χ2v) is 14.3. The third-order valence-corrected chi connectivity index (χ3v) is 10.3. The van der Waals surface area contributed by atoms with E-state index < -0.39 is 57.2 Å². The van der Waals surface area contributed by atoms with Crippen molar-refractivity contribution >= 4 is 37.6 Å². The molecule has 15 heteroatoms. The lowest BCUT2D eigenvalue weighted by Gasteiger charge is -2.31. The van der Waals surface area contributed by atoms with E-state index in [-0.39, 0.29) is 36.0 Å². The van der Waals surface area contributed by atoms with Gasteiger partial charge in [0.25, 0.3) is 5.91 Å². The van der Waals surface area contributed by atoms with E-state index in [1.807, 2.05) is 0 Å². The summed E-state index contributed by atoms with van der Waals surface area (Å²) in [5.74, 6) is -1.94. The van der Waals surface area contributed by atoms with Crippen LogP contribution in [0.2, 0.25) is 0 Å². The molecule has 1 heterocycles. The number of hydrogen-bond acceptors (Lipinski definition) is 8. The first-order valence-corrected chi connectivity index (χ1v) is 17.8. The minimum atomic E-state index is -4.79. The smallest absolute Gasteiger partial charge is 0.416 e. The molecule has 0 radical (unpaired) electrons. The van der Waals surface area contributed by atoms with Gasteiger partial charge < -0.3 is 14.6 Å². The maximum atomic E-state index is 14.3. The Morgan fingerprint density at radius 1 is 1.00 bits per heavy atom. The molecule has 0 fully saturated rings. The average molecular weight is 779 g/mol. The number of hydrazine groups is 1. The zero-order chi connectivity index (χ0) is 35.9. The van der Waals surface area contributed by atoms with E-state index in [0.29, 0.717) is 33.8 Å². The monoisotopic (exact) mass is 777 g/mol. The lowest BCUT2D eigenvalue weighted by atomic mass is 9.85. The van der Waals surface area contributed by atoms with Crippen molar-refractivity contribution in [3.63, 3.8) is 0 Å². The number of nitrogens with one attached hydrogen (secondary N) is 2. The molecule has 1 amide bonds. The van der Waals surface area contributed by atoms with Gasteiger partial charge in [-0.15, -0.1) is 0 Å². The first kappa shape index (κ1) is 37.0. The minimum Gasteiger partial charge on any atom is -0.494 e. The van der Waals surface area contributed by atoms with E-state index in [0.717, 1.165) is 12.1 Å². The second-order valence-electron chi connectivity index (χ2n) is 11.3. The Morgan fingerprint density at radius 2 is 1.70 bits per heavy atom. The molecule has 1 aliphatic heterocycles. The number of rotatable bonds is 14. The van der Waals surface area contributed by atoms with Crippen LogP contribution < -0.4 is 15.6 Å². The lowest BCUT2D eigenvalue weighted by Crippen LogP contribution is -2.53. The summed E-state index contributed by atoms with van der Waals surface area (Å²) in [5.41, 5.74) is 2.72. The van der Waals surface area contributed by atoms with Crippen molar-refractivity contribution in [2.24, 2.45) is 4.99 Å². The number of carbonyl (C=O) groups excluding carboxylic acids is 1. The largest absolute Gasteiger partial charge is 0.494 e. The third-order valence-electron chi connectivity index (χ3n) is 7.85. The van der Waals surface area contributed by atoms with Gasteiger partial charge in [-0.3, -0.25) is 10.2 Å². The predicted octanol–water partition coefficient (Wildman–Crippen LogP) is 6.31. The second kappa shape index (κ2) is 15.7. The van der Waals surface area contributed by atoms with E-state index >= 15 is 0 Å². The molecule has 9 nitrogen and oxygen atoms in total. The quantitative estimate of drug-likeness (QED) is 0.0779. The molecule has 0 aliphatic carbocycles. The highest BCUT2D eigenvalue weighted by Crippen LogP contribution is 2.45. The topological polar surface area (TPSA) is 126 Å². The fourth-order valence-corrected chi connectivity index (χ4v) is 7.20. The van der Waals surface area contributed by atoms with Gasteiger partial charge in [0.05, 0.1) is 22.8 Å². The molecular formula is C35H32BrF4N3O6S. The van der Waals surface area contributed by atoms with E-state index in [1.165, 1.54) is 12.1 Å². The van der Waals surface area contributed by atoms with Crippen LogP contribution in [0.4, 0.5) is 17.6 Å². The van der Waals surface area contributed by atoms with Crippen molar-refractivity contribution in [2.45, 2.75) is 42.1 Å². The number of aliphatic hydroxyl groups excluding tert-OH is 1. The summed E-state index contributed by atoms with van der Waals surface area (Å²) >= 11 is 3.50. The van der Waals surface area contributed by atoms with Crippen molar-refractivity contribution in [1.82, 2.24) is 10.9 Å². The number of hydrogen-bond donors (Lipinski definition) is 3. The Labute approximate surface area is 294 Å². The van der Waals surface area contributed by atoms with Gasteiger partial charge >= 0.3 is 6.18 Å². The van der Waals surface area contributed by atoms with Gasteiger partial charge in [0.2, 0.25) is 5.90 Å². The van der Waals surface area contributed by atoms with Gasteiger partial charge in [-0.25, -0.2) is 23.2 Å². The number of nitrogens with zero attached hydrogens (tertiary/aromatic N) is 1. The molecule has 3 N–H and O–H groups in total. The molecule has 0 unspecified atom stereocenters. The van der Waals surface area contributed by atoms with E-state index in [1.54, 1.807) is 66.7 Å². The van der Waals surface area contributed by atoms with Gasteiger partial charge in [0.15, 0.2) is 21.5 Å². The maximum Gasteiger partial charge on any atom is 0.416 e. The van der Waals surface area contributed by atoms with E-state index in [4.69, 9.17) is 19.6 Å². The first-order valence-electron chi connectivity index (χ1n) is 15.4. The Kier molecular flexibility index (Phi) is 11.6. The van der Waals surface area contributed by atoms with Crippen molar-refractivity contribution in [1.29, 1.82) is 0 Å². The summed E-state index contributed by atoms with van der Waals surface area (Å²) in [7, 11) is -3.94. The van der Waals surface area contributed by atoms with Crippen molar-refractivity contribution in [3.8, 4) is 5.75 Å². The molecule has 0 aromatic heterocycles. The lowest BCUT2D eigenvalue weighted by molar-refractivity contribution is -0.138. The molecule has 2 atom stereocenters. The minimum absolute atomic E-state index is 0.0277. The first-order chi connectivity index (χ1) is 23.8. The van der Waals surface area contributed by atoms with Crippen LogP contribution in [0.3, 0.4) is 0 Å². The van der Waals surface area contributed by atoms with Crippen LogP contribution in [-0.4, -0.2) is 49.8 Å². The van der Waals surface area contributed by atoms with Gasteiger partial charge in [-0.05, 0) is 66.2 Å². The highest BCUT2D eigenvalue weighted by Gasteiger charge is 2.54. The molecule has 0 saturated heterocycles. The molecule has 1 aliphatic rings. The number of aliphatic imine (C=N–C) groups is 1. The fraction of sp³-hybridized carbons (Fsp3) is 0.257. The number of aliphatic hydroxyl groups is 1. The number of ether oxygens (including phenoxy) is 2. The Bertz CT molecular complexity index is 1950. The molecule has 50 heavy (non-hydrogen) atoms. The van der Waals surface area contributed by atoms with Gasteiger partial charge in [-0.1, -0.05) is 52.3 Å². The Balaban J connectivity index is 1.52. The van der Waals surface area contributed by atoms with Crippen LogP contribution in [0.5, 0.6) is 5.75 Å². The van der Waals surface area contributed by atoms with Crippen LogP contribution >= 0.6 is 15.9 Å². The third kappa shape index (κ3) is 8.70. The summed E-state index contributed by atoms with van der Waals surface area (Å²) in [6.45, 7) is -0.147. The van der Waals surface area contributed by atoms with Crippen LogP contribution in [0.15, 0.2) is 111 Å². The number of benzene rings is 4. The summed E-state index contributed by atoms with van der Waals surface area (Å²) in [5, 5.41) is 9.04. The van der Waals surface area contributed by atoms with Crippen molar-refractivity contribution in [2.75, 3.05) is 19.0 Å². The Hall–Kier alpha value is -4.31. The summed E-state index contributed by atoms with van der Waals surface area (Å²) < 4.78 is 93.5. The highest BCUT2D eigenvalue weighted by molar-refractivity contribution is 9.10. The normalized spacial score (nSPS) is 17.6. The van der Waals surface area contributed by atoms with Crippen LogP contribution in [0.1, 0.15) is 41.2 Å². The molecule has 0 bridgehead atoms. The van der Waals surface area contributed by atoms with Crippen LogP contribution in [0.25, 0.3) is 0 Å². The van der Waals surface area contributed by atoms with Crippen molar-refractivity contribution in [3.05, 3.63) is 130 Å². The highest BCUT2D eigenvalue weighted by atomic mass is 79.9. The Morgan fingerprint density at radius 3 is 2.38 bits per heavy atom. The zero-order valence-corrected chi connectivity index (χ0v) is 28.7. The SMILES string of the molecule is O=C(NNCc1cc(F)cc(C(F)(F)F)c1)[C@@]1(CCS(=O)(=O)c2ccccc2)N=C(c2ccc(OCCCO)cc2)O[C@H]1c1ccccc1Br. The molecule has 0 spiro atoms. The van der Waals surface area contributed by atoms with Crippen molar-refractivity contribution < 1.29 is 45.4 Å². The molecule has 5 rings (SSSR count). The van der Waals surface area contributed by atoms with Gasteiger partial charge in [0, 0.05) is 41.6 Å². The molecule has 4 aromatic rings. The predicted molar refractivity (Wildman–Crippen MR) is 180 cm³/mol. The number of alkyl halides is 3. The van der Waals surface area contributed by atoms with Crippen LogP contribution in [-0.2, 0) is 32.1 Å². The summed E-state index contributed by atoms with van der Waals surface area (Å²) in [6.07, 6.45) is -5.90. The maximum absolute atomic E-state index is 14.3. The zero-order valence-electron chi connectivity index (χ0n) is 26.3. The van der Waals surface area contributed by atoms with Gasteiger partial charge in [-0.2, -0.15) is 13.2 Å². The summed E-state index contributed by atoms with van der Waals surface area (Å²) in [4.78, 5) is 19.1. The molecule has 4 aromatic carbocycles. The molecular weight excluding hydrogens is 746 g/mol. The number of sulfone groups is 1. The summed E-state index contributed by atoms with van der Waals surface area (Å²) in [6, 6.07) is 23.2. The number of amides is 1. The standard InChI is InChI=1S/C35H32BrF4N3O6S/c36-30-10-5-4-9-29(30)31-34(15-18-50(46,47)28-7-2-1-3-8-28,42-32(49-31)24-11-13-27(14-12-24)48-17-6-16-44)33(45)43-41-22-23-19-25(35(38,39)40)21-26(37)20-23/h1-5,7-14,19-21,31,41,44H,6,15-18,22H2,(H,43,45)/t31-,34-/m0/s1. The average Bonchev–Trinajstić information content (AvgIpc) is 3.48. The molecule has 0 saturated carbocycles. The van der Waals surface area contributed by atoms with Gasteiger partial charge in [0.1, 0.15) is 11.6 Å². The number of carbonyl (C=O) groups is 1. The molecule has 264 valence electrons. The number of halogens is 5. The van der Waals surface area contributed by atoms with Crippen LogP contribution in [0, 0.1) is 5.82 Å².